The van der Waals surface area contributed by atoms with E-state index in [0.29, 0.717) is 19.3 Å². The molecule has 3 N–H and O–H groups in total. The number of likely N-dealkylation sites (tertiary alicyclic amines) is 1. The minimum absolute atomic E-state index is 0.0473. The Morgan fingerprint density at radius 3 is 2.34 bits per heavy atom. The summed E-state index contributed by atoms with van der Waals surface area (Å²) < 4.78 is 0. The molecule has 1 heterocycles. The summed E-state index contributed by atoms with van der Waals surface area (Å²) in [7, 11) is 0. The zero-order chi connectivity index (χ0) is 26.5. The summed E-state index contributed by atoms with van der Waals surface area (Å²) in [4.78, 5) is 28.1. The average Bonchev–Trinajstić information content (AvgIpc) is 3.43. The topological polar surface area (TPSA) is 89.9 Å². The Hall–Kier alpha value is -3.48. The summed E-state index contributed by atoms with van der Waals surface area (Å²) in [6, 6.07) is 27.2. The lowest BCUT2D eigenvalue weighted by Crippen LogP contribution is -2.43. The van der Waals surface area contributed by atoms with Crippen molar-refractivity contribution < 1.29 is 19.8 Å². The highest BCUT2D eigenvalue weighted by atomic mass is 16.3. The predicted molar refractivity (Wildman–Crippen MR) is 146 cm³/mol. The molecule has 1 aliphatic carbocycles. The molecule has 5 atom stereocenters. The third-order valence-corrected chi connectivity index (χ3v) is 7.93. The first-order valence-corrected chi connectivity index (χ1v) is 13.6. The molecule has 1 aliphatic heterocycles. The monoisotopic (exact) mass is 512 g/mol. The number of aliphatic hydroxyl groups excluding tert-OH is 2. The van der Waals surface area contributed by atoms with Crippen LogP contribution in [0.25, 0.3) is 0 Å². The molecule has 38 heavy (non-hydrogen) atoms. The van der Waals surface area contributed by atoms with Gasteiger partial charge >= 0.3 is 0 Å². The van der Waals surface area contributed by atoms with E-state index in [0.717, 1.165) is 29.5 Å². The van der Waals surface area contributed by atoms with Crippen LogP contribution in [0.15, 0.2) is 84.9 Å². The number of fused-ring (bicyclic) bond motifs is 1. The Morgan fingerprint density at radius 1 is 0.947 bits per heavy atom. The third-order valence-electron chi connectivity index (χ3n) is 7.93. The molecule has 3 aromatic rings. The molecule has 198 valence electrons. The number of hydrogen-bond acceptors (Lipinski definition) is 4. The van der Waals surface area contributed by atoms with Crippen LogP contribution >= 0.6 is 0 Å². The lowest BCUT2D eigenvalue weighted by atomic mass is 9.91. The Morgan fingerprint density at radius 2 is 1.61 bits per heavy atom. The summed E-state index contributed by atoms with van der Waals surface area (Å²) >= 11 is 0. The molecule has 1 saturated heterocycles. The quantitative estimate of drug-likeness (QED) is 0.387. The number of aliphatic hydroxyl groups is 2. The first-order valence-electron chi connectivity index (χ1n) is 13.6. The van der Waals surface area contributed by atoms with Crippen molar-refractivity contribution in [2.75, 3.05) is 6.54 Å². The molecular weight excluding hydrogens is 476 g/mol. The van der Waals surface area contributed by atoms with Crippen LogP contribution < -0.4 is 5.32 Å². The number of rotatable bonds is 10. The number of amides is 2. The summed E-state index contributed by atoms with van der Waals surface area (Å²) in [5.74, 6) is -0.639. The second kappa shape index (κ2) is 11.9. The number of carbonyl (C=O) groups excluding carboxylic acids is 2. The minimum Gasteiger partial charge on any atom is -0.391 e. The fourth-order valence-electron chi connectivity index (χ4n) is 5.97. The van der Waals surface area contributed by atoms with Crippen molar-refractivity contribution in [1.82, 2.24) is 10.2 Å². The van der Waals surface area contributed by atoms with E-state index in [9.17, 15) is 19.8 Å². The molecule has 6 heteroatoms. The fourth-order valence-corrected chi connectivity index (χ4v) is 5.97. The van der Waals surface area contributed by atoms with Gasteiger partial charge in [-0.25, -0.2) is 0 Å². The second-order valence-corrected chi connectivity index (χ2v) is 10.7. The molecule has 2 amide bonds. The molecule has 2 aliphatic rings. The normalized spacial score (nSPS) is 22.2. The predicted octanol–water partition coefficient (Wildman–Crippen LogP) is 3.60. The maximum atomic E-state index is 13.6. The molecule has 0 unspecified atom stereocenters. The van der Waals surface area contributed by atoms with Gasteiger partial charge in [0.1, 0.15) is 0 Å². The first-order chi connectivity index (χ1) is 18.5. The molecule has 6 nitrogen and oxygen atoms in total. The van der Waals surface area contributed by atoms with Gasteiger partial charge in [-0.15, -0.1) is 0 Å². The Bertz CT molecular complexity index is 1230. The minimum atomic E-state index is -0.837. The van der Waals surface area contributed by atoms with Crippen LogP contribution in [0.4, 0.5) is 0 Å². The van der Waals surface area contributed by atoms with E-state index in [1.54, 1.807) is 4.90 Å². The molecule has 0 bridgehead atoms. The number of benzene rings is 3. The van der Waals surface area contributed by atoms with E-state index < -0.39 is 24.2 Å². The zero-order valence-electron chi connectivity index (χ0n) is 21.6. The maximum absolute atomic E-state index is 13.6. The van der Waals surface area contributed by atoms with Crippen LogP contribution in [-0.4, -0.2) is 51.7 Å². The highest BCUT2D eigenvalue weighted by Gasteiger charge is 2.36. The van der Waals surface area contributed by atoms with Crippen molar-refractivity contribution in [3.8, 4) is 0 Å². The van der Waals surface area contributed by atoms with Crippen LogP contribution in [0.2, 0.25) is 0 Å². The van der Waals surface area contributed by atoms with Gasteiger partial charge in [0.25, 0.3) is 0 Å². The van der Waals surface area contributed by atoms with Gasteiger partial charge in [-0.2, -0.15) is 0 Å². The van der Waals surface area contributed by atoms with Crippen LogP contribution in [0.3, 0.4) is 0 Å². The third kappa shape index (κ3) is 6.14. The van der Waals surface area contributed by atoms with Crippen molar-refractivity contribution in [2.45, 2.75) is 62.8 Å². The zero-order valence-corrected chi connectivity index (χ0v) is 21.6. The Labute approximate surface area is 224 Å². The standard InChI is InChI=1S/C32H36N2O4/c35-27(21-34-26(15-16-30(34)37)18-23-11-5-2-6-12-23)19-25(17-22-9-3-1-4-10-22)32(38)33-31-28-14-8-7-13-24(28)20-29(31)36/h1-14,25-27,29,31,35-36H,15-21H2,(H,33,38)/t25-,26-,27-,29-,31+/m1/s1. The summed E-state index contributed by atoms with van der Waals surface area (Å²) in [5, 5.41) is 24.9. The SMILES string of the molecule is O=C(N[C@H]1c2ccccc2C[C@H]1O)[C@H](Cc1ccccc1)C[C@@H](O)CN1C(=O)CC[C@@H]1Cc1ccccc1. The highest BCUT2D eigenvalue weighted by Crippen LogP contribution is 2.32. The molecule has 3 aromatic carbocycles. The largest absolute Gasteiger partial charge is 0.391 e. The summed E-state index contributed by atoms with van der Waals surface area (Å²) in [6.45, 7) is 0.212. The number of carbonyl (C=O) groups is 2. The van der Waals surface area contributed by atoms with Gasteiger partial charge in [0.2, 0.25) is 11.8 Å². The van der Waals surface area contributed by atoms with E-state index in [1.807, 2.05) is 72.8 Å². The van der Waals surface area contributed by atoms with Gasteiger partial charge in [0.15, 0.2) is 0 Å². The fraction of sp³-hybridized carbons (Fsp3) is 0.375. The van der Waals surface area contributed by atoms with E-state index in [2.05, 4.69) is 17.4 Å². The van der Waals surface area contributed by atoms with Gasteiger partial charge < -0.3 is 20.4 Å². The van der Waals surface area contributed by atoms with Gasteiger partial charge in [0.05, 0.1) is 18.2 Å². The van der Waals surface area contributed by atoms with Gasteiger partial charge in [-0.1, -0.05) is 84.9 Å². The molecule has 5 rings (SSSR count). The molecule has 0 spiro atoms. The van der Waals surface area contributed by atoms with Crippen LogP contribution in [0.5, 0.6) is 0 Å². The van der Waals surface area contributed by atoms with E-state index >= 15 is 0 Å². The number of β-amino-alcohol motifs (C(OH)–C–C–N with tert-alkyl or cyclic N) is 1. The first kappa shape index (κ1) is 26.1. The van der Waals surface area contributed by atoms with Crippen molar-refractivity contribution in [2.24, 2.45) is 5.92 Å². The van der Waals surface area contributed by atoms with Gasteiger partial charge in [0, 0.05) is 31.3 Å². The highest BCUT2D eigenvalue weighted by molar-refractivity contribution is 5.80. The van der Waals surface area contributed by atoms with Crippen molar-refractivity contribution in [3.05, 3.63) is 107 Å². The maximum Gasteiger partial charge on any atom is 0.224 e. The van der Waals surface area contributed by atoms with Crippen molar-refractivity contribution in [3.63, 3.8) is 0 Å². The lowest BCUT2D eigenvalue weighted by molar-refractivity contribution is -0.131. The van der Waals surface area contributed by atoms with E-state index in [1.165, 1.54) is 5.56 Å². The number of nitrogens with one attached hydrogen (secondary N) is 1. The Kier molecular flexibility index (Phi) is 8.20. The van der Waals surface area contributed by atoms with Gasteiger partial charge in [-0.3, -0.25) is 9.59 Å². The van der Waals surface area contributed by atoms with Crippen LogP contribution in [-0.2, 0) is 28.9 Å². The van der Waals surface area contributed by atoms with Gasteiger partial charge in [-0.05, 0) is 47.9 Å². The lowest BCUT2D eigenvalue weighted by Gasteiger charge is -2.29. The smallest absolute Gasteiger partial charge is 0.224 e. The average molecular weight is 513 g/mol. The number of nitrogens with zero attached hydrogens (tertiary/aromatic N) is 1. The number of hydrogen-bond donors (Lipinski definition) is 3. The van der Waals surface area contributed by atoms with Crippen molar-refractivity contribution >= 4 is 11.8 Å². The van der Waals surface area contributed by atoms with Crippen LogP contribution in [0, 0.1) is 5.92 Å². The van der Waals surface area contributed by atoms with E-state index in [4.69, 9.17) is 0 Å². The summed E-state index contributed by atoms with van der Waals surface area (Å²) in [6.07, 6.45) is 1.70. The molecular formula is C32H36N2O4. The molecule has 0 aromatic heterocycles. The van der Waals surface area contributed by atoms with E-state index in [-0.39, 0.29) is 30.8 Å². The molecule has 0 saturated carbocycles. The molecule has 1 fully saturated rings. The summed E-state index contributed by atoms with van der Waals surface area (Å²) in [5.41, 5.74) is 4.16. The second-order valence-electron chi connectivity index (χ2n) is 10.7. The Balaban J connectivity index is 1.28. The molecule has 0 radical (unpaired) electrons. The van der Waals surface area contributed by atoms with Crippen LogP contribution in [0.1, 0.15) is 47.6 Å². The van der Waals surface area contributed by atoms with Crippen molar-refractivity contribution in [1.29, 1.82) is 0 Å².